The summed E-state index contributed by atoms with van der Waals surface area (Å²) >= 11 is 7.98. The summed E-state index contributed by atoms with van der Waals surface area (Å²) in [5.74, 6) is -3.93. The predicted octanol–water partition coefficient (Wildman–Crippen LogP) is 6.05. The van der Waals surface area contributed by atoms with Gasteiger partial charge in [-0.25, -0.2) is 9.69 Å². The maximum Gasteiger partial charge on any atom is 0.337 e. The smallest absolute Gasteiger partial charge is 0.337 e. The number of carbonyl (C=O) groups is 4. The van der Waals surface area contributed by atoms with Gasteiger partial charge in [0.05, 0.1) is 37.4 Å². The zero-order valence-electron chi connectivity index (χ0n) is 21.2. The number of rotatable bonds is 4. The fourth-order valence-corrected chi connectivity index (χ4v) is 8.98. The van der Waals surface area contributed by atoms with E-state index in [1.165, 1.54) is 23.1 Å². The highest BCUT2D eigenvalue weighted by Crippen LogP contribution is 2.70. The van der Waals surface area contributed by atoms with E-state index in [0.717, 1.165) is 22.3 Å². The van der Waals surface area contributed by atoms with Gasteiger partial charge < -0.3 is 10.4 Å². The molecule has 202 valence electrons. The highest BCUT2D eigenvalue weighted by atomic mass is 79.9. The number of benzene rings is 4. The zero-order chi connectivity index (χ0) is 28.7. The van der Waals surface area contributed by atoms with Crippen molar-refractivity contribution in [2.24, 2.45) is 11.8 Å². The van der Waals surface area contributed by atoms with Crippen molar-refractivity contribution in [2.45, 2.75) is 8.65 Å². The number of carbonyl (C=O) groups excluding carboxylic acids is 3. The van der Waals surface area contributed by atoms with Gasteiger partial charge in [0.25, 0.3) is 5.91 Å². The van der Waals surface area contributed by atoms with E-state index < -0.39 is 32.4 Å². The number of alkyl halides is 2. The van der Waals surface area contributed by atoms with E-state index in [0.29, 0.717) is 0 Å². The molecule has 1 fully saturated rings. The molecule has 0 saturated carbocycles. The lowest BCUT2D eigenvalue weighted by atomic mass is 9.54. The van der Waals surface area contributed by atoms with E-state index in [1.807, 2.05) is 48.5 Å². The fourth-order valence-electron chi connectivity index (χ4n) is 6.68. The molecule has 4 aliphatic rings. The maximum absolute atomic E-state index is 14.3. The van der Waals surface area contributed by atoms with Crippen LogP contribution in [0.5, 0.6) is 0 Å². The number of carboxylic acids is 1. The number of aromatic carboxylic acids is 1. The van der Waals surface area contributed by atoms with Gasteiger partial charge in [0.2, 0.25) is 11.8 Å². The first-order valence-corrected chi connectivity index (χ1v) is 14.5. The minimum absolute atomic E-state index is 0.0502. The molecule has 41 heavy (non-hydrogen) atoms. The summed E-state index contributed by atoms with van der Waals surface area (Å²) in [7, 11) is 0. The van der Waals surface area contributed by atoms with E-state index in [4.69, 9.17) is 0 Å². The first-order valence-electron chi connectivity index (χ1n) is 12.9. The number of hydrogen-bond donors (Lipinski definition) is 2. The predicted molar refractivity (Wildman–Crippen MR) is 160 cm³/mol. The number of carboxylic acid groups (broad SMARTS) is 1. The SMILES string of the molecule is O=C(Nc1ccccc1C(=O)O)c1cccc(N2C(=O)[C@@H]3[C@H](C2=O)C2(Br)c4ccccc4C3(Br)c3ccccc32)c1. The number of nitrogens with one attached hydrogen (secondary N) is 1. The number of anilines is 2. The Hall–Kier alpha value is -4.08. The van der Waals surface area contributed by atoms with E-state index >= 15 is 0 Å². The molecule has 0 unspecified atom stereocenters. The van der Waals surface area contributed by atoms with Gasteiger partial charge in [-0.05, 0) is 52.6 Å². The quantitative estimate of drug-likeness (QED) is 0.203. The van der Waals surface area contributed by atoms with Crippen LogP contribution in [0.15, 0.2) is 97.1 Å². The average molecular weight is 672 g/mol. The molecule has 1 aliphatic heterocycles. The van der Waals surface area contributed by atoms with Gasteiger partial charge in [-0.3, -0.25) is 14.4 Å². The van der Waals surface area contributed by atoms with Gasteiger partial charge in [-0.2, -0.15) is 0 Å². The van der Waals surface area contributed by atoms with Crippen LogP contribution in [-0.2, 0) is 18.2 Å². The van der Waals surface area contributed by atoms with Crippen molar-refractivity contribution in [3.8, 4) is 0 Å². The number of halogens is 2. The molecule has 4 aromatic carbocycles. The van der Waals surface area contributed by atoms with Crippen LogP contribution in [0.1, 0.15) is 43.0 Å². The Balaban J connectivity index is 1.31. The molecule has 1 heterocycles. The lowest BCUT2D eigenvalue weighted by molar-refractivity contribution is -0.122. The summed E-state index contributed by atoms with van der Waals surface area (Å²) in [4.78, 5) is 54.5. The van der Waals surface area contributed by atoms with Crippen LogP contribution in [0.3, 0.4) is 0 Å². The molecule has 3 aliphatic carbocycles. The normalized spacial score (nSPS) is 25.4. The fraction of sp³-hybridized carbons (Fsp3) is 0.125. The lowest BCUT2D eigenvalue weighted by Gasteiger charge is -2.55. The van der Waals surface area contributed by atoms with Gasteiger partial charge in [-0.1, -0.05) is 98.6 Å². The summed E-state index contributed by atoms with van der Waals surface area (Å²) in [6.07, 6.45) is 0. The summed E-state index contributed by atoms with van der Waals surface area (Å²) < 4.78 is -1.84. The third-order valence-corrected chi connectivity index (χ3v) is 11.1. The van der Waals surface area contributed by atoms with Gasteiger partial charge >= 0.3 is 5.97 Å². The molecule has 8 rings (SSSR count). The highest BCUT2D eigenvalue weighted by Gasteiger charge is 2.72. The van der Waals surface area contributed by atoms with E-state index in [9.17, 15) is 24.3 Å². The molecule has 2 atom stereocenters. The largest absolute Gasteiger partial charge is 0.478 e. The topological polar surface area (TPSA) is 104 Å². The number of para-hydroxylation sites is 1. The Kier molecular flexibility index (Phi) is 5.65. The minimum atomic E-state index is -1.17. The molecule has 3 amide bonds. The van der Waals surface area contributed by atoms with E-state index in [-0.39, 0.29) is 34.3 Å². The molecule has 0 radical (unpaired) electrons. The Morgan fingerprint density at radius 1 is 0.707 bits per heavy atom. The first kappa shape index (κ1) is 25.9. The van der Waals surface area contributed by atoms with Crippen LogP contribution in [0.25, 0.3) is 0 Å². The van der Waals surface area contributed by atoms with Crippen LogP contribution < -0.4 is 10.2 Å². The van der Waals surface area contributed by atoms with Crippen LogP contribution in [0.4, 0.5) is 11.4 Å². The van der Waals surface area contributed by atoms with Crippen molar-refractivity contribution in [1.29, 1.82) is 0 Å². The Morgan fingerprint density at radius 3 is 1.71 bits per heavy atom. The van der Waals surface area contributed by atoms with Crippen molar-refractivity contribution in [1.82, 2.24) is 0 Å². The molecule has 1 saturated heterocycles. The number of imide groups is 1. The molecule has 2 N–H and O–H groups in total. The number of hydrogen-bond acceptors (Lipinski definition) is 4. The summed E-state index contributed by atoms with van der Waals surface area (Å²) in [6, 6.07) is 28.0. The molecule has 0 aromatic heterocycles. The second-order valence-electron chi connectivity index (χ2n) is 10.3. The standard InChI is InChI=1S/C32H20Br2N2O5/c33-31-20-11-2-3-12-21(20)32(34,23-14-5-4-13-22(23)31)26-25(31)28(38)36(29(26)39)18-9-7-8-17(16-18)27(37)35-24-15-6-1-10-19(24)30(40)41/h1-16,25-26H,(H,35,37)(H,40,41)/t25-,26+,31?,32?. The molecule has 2 bridgehead atoms. The maximum atomic E-state index is 14.3. The van der Waals surface area contributed by atoms with Crippen molar-refractivity contribution >= 4 is 66.9 Å². The van der Waals surface area contributed by atoms with Gasteiger partial charge in [0, 0.05) is 5.56 Å². The second kappa shape index (κ2) is 8.96. The van der Waals surface area contributed by atoms with Crippen molar-refractivity contribution < 1.29 is 24.3 Å². The third kappa shape index (κ3) is 3.36. The molecule has 7 nitrogen and oxygen atoms in total. The van der Waals surface area contributed by atoms with Crippen LogP contribution in [-0.4, -0.2) is 28.8 Å². The monoisotopic (exact) mass is 670 g/mol. The van der Waals surface area contributed by atoms with Crippen LogP contribution in [0.2, 0.25) is 0 Å². The van der Waals surface area contributed by atoms with E-state index in [1.54, 1.807) is 30.3 Å². The van der Waals surface area contributed by atoms with Crippen molar-refractivity contribution in [3.05, 3.63) is 130 Å². The number of nitrogens with zero attached hydrogens (tertiary/aromatic N) is 1. The van der Waals surface area contributed by atoms with E-state index in [2.05, 4.69) is 37.2 Å². The Labute approximate surface area is 251 Å². The molecular weight excluding hydrogens is 652 g/mol. The Morgan fingerprint density at radius 2 is 1.20 bits per heavy atom. The van der Waals surface area contributed by atoms with Crippen LogP contribution >= 0.6 is 31.9 Å². The summed E-state index contributed by atoms with van der Waals surface area (Å²) in [6.45, 7) is 0. The molecular formula is C32H20Br2N2O5. The van der Waals surface area contributed by atoms with Crippen molar-refractivity contribution in [3.63, 3.8) is 0 Å². The highest BCUT2D eigenvalue weighted by molar-refractivity contribution is 9.10. The number of amides is 3. The molecule has 0 spiro atoms. The molecule has 9 heteroatoms. The van der Waals surface area contributed by atoms with Crippen molar-refractivity contribution in [2.75, 3.05) is 10.2 Å². The first-order chi connectivity index (χ1) is 19.7. The Bertz CT molecular complexity index is 1710. The second-order valence-corrected chi connectivity index (χ2v) is 12.8. The molecule has 4 aromatic rings. The lowest BCUT2D eigenvalue weighted by Crippen LogP contribution is -2.56. The van der Waals surface area contributed by atoms with Gasteiger partial charge in [-0.15, -0.1) is 0 Å². The van der Waals surface area contributed by atoms with Crippen LogP contribution in [0, 0.1) is 11.8 Å². The third-order valence-electron chi connectivity index (χ3n) is 8.36. The van der Waals surface area contributed by atoms with Gasteiger partial charge in [0.1, 0.15) is 0 Å². The average Bonchev–Trinajstić information content (AvgIpc) is 3.27. The van der Waals surface area contributed by atoms with Gasteiger partial charge in [0.15, 0.2) is 0 Å². The zero-order valence-corrected chi connectivity index (χ0v) is 24.3. The summed E-state index contributed by atoms with van der Waals surface area (Å²) in [5, 5.41) is 12.1. The minimum Gasteiger partial charge on any atom is -0.478 e. The summed E-state index contributed by atoms with van der Waals surface area (Å²) in [5.41, 5.74) is 4.28.